The van der Waals surface area contributed by atoms with Gasteiger partial charge in [-0.15, -0.1) is 0 Å². The van der Waals surface area contributed by atoms with Gasteiger partial charge in [0.05, 0.1) is 0 Å². The van der Waals surface area contributed by atoms with Gasteiger partial charge in [-0.2, -0.15) is 0 Å². The molecule has 0 saturated carbocycles. The second-order valence-electron chi connectivity index (χ2n) is 4.31. The van der Waals surface area contributed by atoms with E-state index in [0.717, 1.165) is 11.3 Å². The Kier molecular flexibility index (Phi) is 3.14. The van der Waals surface area contributed by atoms with E-state index in [2.05, 4.69) is 5.32 Å². The number of anilines is 2. The van der Waals surface area contributed by atoms with E-state index in [1.165, 1.54) is 6.92 Å². The Morgan fingerprint density at radius 2 is 2.00 bits per heavy atom. The van der Waals surface area contributed by atoms with Crippen LogP contribution in [-0.2, 0) is 20.8 Å². The predicted molar refractivity (Wildman–Crippen MR) is 67.5 cm³/mol. The minimum atomic E-state index is -0.629. The summed E-state index contributed by atoms with van der Waals surface area (Å²) in [4.78, 5) is 35.3. The van der Waals surface area contributed by atoms with Crippen molar-refractivity contribution in [3.8, 4) is 0 Å². The first-order valence-corrected chi connectivity index (χ1v) is 5.70. The van der Waals surface area contributed by atoms with Gasteiger partial charge in [0.25, 0.3) is 5.91 Å². The fourth-order valence-electron chi connectivity index (χ4n) is 1.95. The number of nitrogens with one attached hydrogen (secondary N) is 1. The molecule has 94 valence electrons. The Morgan fingerprint density at radius 3 is 2.67 bits per heavy atom. The molecular formula is C13H14N2O3. The van der Waals surface area contributed by atoms with Crippen molar-refractivity contribution in [2.24, 2.45) is 0 Å². The summed E-state index contributed by atoms with van der Waals surface area (Å²) >= 11 is 0. The van der Waals surface area contributed by atoms with Gasteiger partial charge in [0.1, 0.15) is 0 Å². The summed E-state index contributed by atoms with van der Waals surface area (Å²) in [5.74, 6) is -1.07. The van der Waals surface area contributed by atoms with Crippen molar-refractivity contribution in [3.05, 3.63) is 23.8 Å². The second kappa shape index (κ2) is 4.60. The topological polar surface area (TPSA) is 66.5 Å². The number of amides is 2. The molecule has 2 rings (SSSR count). The average Bonchev–Trinajstić information content (AvgIpc) is 2.34. The summed E-state index contributed by atoms with van der Waals surface area (Å²) in [6.07, 6.45) is 1.12. The molecule has 1 aromatic carbocycles. The van der Waals surface area contributed by atoms with Crippen molar-refractivity contribution < 1.29 is 14.4 Å². The molecule has 0 bridgehead atoms. The number of hydrogen-bond acceptors (Lipinski definition) is 3. The zero-order chi connectivity index (χ0) is 13.3. The van der Waals surface area contributed by atoms with E-state index in [1.54, 1.807) is 30.1 Å². The lowest BCUT2D eigenvalue weighted by Crippen LogP contribution is -2.31. The number of fused-ring (bicyclic) bond motifs is 1. The van der Waals surface area contributed by atoms with E-state index in [9.17, 15) is 14.4 Å². The lowest BCUT2D eigenvalue weighted by atomic mass is 10.0. The number of benzene rings is 1. The maximum absolute atomic E-state index is 11.5. The van der Waals surface area contributed by atoms with Gasteiger partial charge in [0.2, 0.25) is 11.7 Å². The largest absolute Gasteiger partial charge is 0.319 e. The average molecular weight is 246 g/mol. The van der Waals surface area contributed by atoms with Crippen molar-refractivity contribution in [1.82, 2.24) is 0 Å². The van der Waals surface area contributed by atoms with Gasteiger partial charge in [-0.3, -0.25) is 14.4 Å². The number of aryl methyl sites for hydroxylation is 1. The maximum Gasteiger partial charge on any atom is 0.291 e. The van der Waals surface area contributed by atoms with Crippen molar-refractivity contribution in [2.75, 3.05) is 17.3 Å². The summed E-state index contributed by atoms with van der Waals surface area (Å²) < 4.78 is 0. The van der Waals surface area contributed by atoms with Crippen molar-refractivity contribution in [1.29, 1.82) is 0 Å². The molecule has 1 heterocycles. The van der Waals surface area contributed by atoms with Gasteiger partial charge in [-0.05, 0) is 30.2 Å². The van der Waals surface area contributed by atoms with E-state index in [4.69, 9.17) is 0 Å². The maximum atomic E-state index is 11.5. The van der Waals surface area contributed by atoms with E-state index in [0.29, 0.717) is 18.5 Å². The Morgan fingerprint density at radius 1 is 1.28 bits per heavy atom. The molecule has 5 heteroatoms. The third kappa shape index (κ3) is 2.25. The molecule has 0 fully saturated rings. The Labute approximate surface area is 105 Å². The molecular weight excluding hydrogens is 232 g/mol. The van der Waals surface area contributed by atoms with Crippen LogP contribution >= 0.6 is 0 Å². The molecule has 18 heavy (non-hydrogen) atoms. The van der Waals surface area contributed by atoms with Crippen LogP contribution in [0.2, 0.25) is 0 Å². The highest BCUT2D eigenvalue weighted by Gasteiger charge is 2.21. The van der Waals surface area contributed by atoms with Crippen LogP contribution < -0.4 is 10.2 Å². The molecule has 1 aromatic rings. The number of nitrogens with zero attached hydrogens (tertiary/aromatic N) is 1. The Bertz CT molecular complexity index is 537. The molecule has 0 radical (unpaired) electrons. The third-order valence-corrected chi connectivity index (χ3v) is 3.00. The monoisotopic (exact) mass is 246 g/mol. The number of Topliss-reactive ketones (excluding diaryl/α,β-unsaturated/α-hetero) is 1. The third-order valence-electron chi connectivity index (χ3n) is 3.00. The Balaban J connectivity index is 2.26. The molecule has 0 unspecified atom stereocenters. The highest BCUT2D eigenvalue weighted by Crippen LogP contribution is 2.29. The zero-order valence-electron chi connectivity index (χ0n) is 10.3. The van der Waals surface area contributed by atoms with Gasteiger partial charge in [0, 0.05) is 31.8 Å². The van der Waals surface area contributed by atoms with Gasteiger partial charge >= 0.3 is 0 Å². The number of rotatable bonds is 2. The summed E-state index contributed by atoms with van der Waals surface area (Å²) in [5, 5.41) is 2.53. The molecule has 0 saturated heterocycles. The van der Waals surface area contributed by atoms with Gasteiger partial charge in [-0.1, -0.05) is 0 Å². The molecule has 1 N–H and O–H groups in total. The van der Waals surface area contributed by atoms with Gasteiger partial charge in [0.15, 0.2) is 0 Å². The van der Waals surface area contributed by atoms with E-state index >= 15 is 0 Å². The molecule has 0 atom stereocenters. The Hall–Kier alpha value is -2.17. The van der Waals surface area contributed by atoms with Crippen LogP contribution in [0.1, 0.15) is 18.9 Å². The van der Waals surface area contributed by atoms with Gasteiger partial charge < -0.3 is 10.2 Å². The summed E-state index contributed by atoms with van der Waals surface area (Å²) in [7, 11) is 1.73. The van der Waals surface area contributed by atoms with Crippen LogP contribution in [-0.4, -0.2) is 24.6 Å². The van der Waals surface area contributed by atoms with E-state index in [1.807, 2.05) is 0 Å². The van der Waals surface area contributed by atoms with Crippen LogP contribution in [0.25, 0.3) is 0 Å². The highest BCUT2D eigenvalue weighted by atomic mass is 16.2. The first-order valence-electron chi connectivity index (χ1n) is 5.70. The fraction of sp³-hybridized carbons (Fsp3) is 0.308. The lowest BCUT2D eigenvalue weighted by Gasteiger charge is -2.26. The van der Waals surface area contributed by atoms with Crippen molar-refractivity contribution in [3.63, 3.8) is 0 Å². The minimum absolute atomic E-state index is 0.0861. The minimum Gasteiger partial charge on any atom is -0.319 e. The standard InChI is InChI=1S/C13H14N2O3/c1-8(16)13(18)14-10-4-5-11-9(7-10)3-6-12(17)15(11)2/h4-5,7H,3,6H2,1-2H3,(H,14,18). The molecule has 1 aliphatic heterocycles. The number of hydrogen-bond donors (Lipinski definition) is 1. The fourth-order valence-corrected chi connectivity index (χ4v) is 1.95. The number of ketones is 1. The van der Waals surface area contributed by atoms with Crippen LogP contribution in [0.15, 0.2) is 18.2 Å². The molecule has 0 aliphatic carbocycles. The van der Waals surface area contributed by atoms with E-state index in [-0.39, 0.29) is 5.91 Å². The van der Waals surface area contributed by atoms with Crippen LogP contribution in [0.3, 0.4) is 0 Å². The summed E-state index contributed by atoms with van der Waals surface area (Å²) in [6, 6.07) is 5.27. The smallest absolute Gasteiger partial charge is 0.291 e. The lowest BCUT2D eigenvalue weighted by molar-refractivity contribution is -0.133. The normalized spacial score (nSPS) is 14.1. The highest BCUT2D eigenvalue weighted by molar-refractivity contribution is 6.39. The first kappa shape index (κ1) is 12.3. The number of carbonyl (C=O) groups is 3. The second-order valence-corrected chi connectivity index (χ2v) is 4.31. The molecule has 0 aromatic heterocycles. The summed E-state index contributed by atoms with van der Waals surface area (Å²) in [5.41, 5.74) is 2.43. The molecule has 0 spiro atoms. The SMILES string of the molecule is CC(=O)C(=O)Nc1ccc2c(c1)CCC(=O)N2C. The quantitative estimate of drug-likeness (QED) is 0.795. The predicted octanol–water partition coefficient (Wildman–Crippen LogP) is 1.12. The van der Waals surface area contributed by atoms with Crippen LogP contribution in [0.4, 0.5) is 11.4 Å². The summed E-state index contributed by atoms with van der Waals surface area (Å²) in [6.45, 7) is 1.22. The first-order chi connectivity index (χ1) is 8.49. The van der Waals surface area contributed by atoms with Gasteiger partial charge in [-0.25, -0.2) is 0 Å². The molecule has 2 amide bonds. The van der Waals surface area contributed by atoms with E-state index < -0.39 is 11.7 Å². The van der Waals surface area contributed by atoms with Crippen molar-refractivity contribution >= 4 is 29.0 Å². The number of carbonyl (C=O) groups excluding carboxylic acids is 3. The zero-order valence-corrected chi connectivity index (χ0v) is 10.3. The van der Waals surface area contributed by atoms with Crippen molar-refractivity contribution in [2.45, 2.75) is 19.8 Å². The van der Waals surface area contributed by atoms with Crippen LogP contribution in [0, 0.1) is 0 Å². The van der Waals surface area contributed by atoms with Crippen LogP contribution in [0.5, 0.6) is 0 Å². The molecule has 1 aliphatic rings. The molecule has 5 nitrogen and oxygen atoms in total.